The molecule has 3 heteroatoms. The maximum Gasteiger partial charge on any atom is 0.0973 e. The molecule has 0 N–H and O–H groups in total. The highest BCUT2D eigenvalue weighted by molar-refractivity contribution is 5.90. The SMILES string of the molecule is c1ccc(-c2cccc(-c3ccc4nc(-c5ccccc5)c(-c5ccc(N(c6ccccc6)c6ccccc6)cc5)nc4c3)c2)cc1. The number of para-hydroxylation sites is 2. The Morgan fingerprint density at radius 1 is 0.277 bits per heavy atom. The van der Waals surface area contributed by atoms with Gasteiger partial charge in [0.2, 0.25) is 0 Å². The summed E-state index contributed by atoms with van der Waals surface area (Å²) in [5.41, 5.74) is 13.4. The second kappa shape index (κ2) is 12.6. The summed E-state index contributed by atoms with van der Waals surface area (Å²) in [5, 5.41) is 0. The van der Waals surface area contributed by atoms with Crippen molar-refractivity contribution in [1.82, 2.24) is 9.97 Å². The molecule has 1 aromatic heterocycles. The van der Waals surface area contributed by atoms with E-state index in [9.17, 15) is 0 Å². The summed E-state index contributed by atoms with van der Waals surface area (Å²) in [7, 11) is 0. The van der Waals surface area contributed by atoms with E-state index in [1.54, 1.807) is 0 Å². The number of rotatable bonds is 7. The molecule has 0 saturated heterocycles. The molecule has 47 heavy (non-hydrogen) atoms. The van der Waals surface area contributed by atoms with Crippen LogP contribution >= 0.6 is 0 Å². The number of hydrogen-bond donors (Lipinski definition) is 0. The maximum absolute atomic E-state index is 5.30. The van der Waals surface area contributed by atoms with Crippen molar-refractivity contribution in [2.45, 2.75) is 0 Å². The fraction of sp³-hybridized carbons (Fsp3) is 0. The van der Waals surface area contributed by atoms with Crippen LogP contribution in [0, 0.1) is 0 Å². The first-order chi connectivity index (χ1) is 23.3. The standard InChI is InChI=1S/C44H31N3/c1-5-14-32(15-6-1)35-18-13-19-36(30-35)37-26-29-41-42(31-37)46-44(43(45-41)33-16-7-2-8-17-33)34-24-27-40(28-25-34)47(38-20-9-3-10-21-38)39-22-11-4-12-23-39/h1-31H. The van der Waals surface area contributed by atoms with Crippen LogP contribution < -0.4 is 4.90 Å². The number of fused-ring (bicyclic) bond motifs is 1. The van der Waals surface area contributed by atoms with Crippen LogP contribution in [0.5, 0.6) is 0 Å². The molecular weight excluding hydrogens is 571 g/mol. The van der Waals surface area contributed by atoms with Gasteiger partial charge in [-0.2, -0.15) is 0 Å². The van der Waals surface area contributed by atoms with Gasteiger partial charge in [-0.1, -0.05) is 133 Å². The first kappa shape index (κ1) is 28.2. The minimum atomic E-state index is 0.858. The lowest BCUT2D eigenvalue weighted by molar-refractivity contribution is 1.27. The Balaban J connectivity index is 1.23. The molecule has 8 rings (SSSR count). The van der Waals surface area contributed by atoms with Crippen molar-refractivity contribution in [3.05, 3.63) is 188 Å². The average molecular weight is 602 g/mol. The van der Waals surface area contributed by atoms with Gasteiger partial charge in [-0.15, -0.1) is 0 Å². The normalized spacial score (nSPS) is 11.0. The van der Waals surface area contributed by atoms with Crippen LogP contribution in [0.3, 0.4) is 0 Å². The largest absolute Gasteiger partial charge is 0.311 e. The van der Waals surface area contributed by atoms with Crippen LogP contribution in [0.2, 0.25) is 0 Å². The topological polar surface area (TPSA) is 29.0 Å². The molecule has 0 radical (unpaired) electrons. The minimum Gasteiger partial charge on any atom is -0.311 e. The van der Waals surface area contributed by atoms with Crippen LogP contribution in [-0.2, 0) is 0 Å². The second-order valence-corrected chi connectivity index (χ2v) is 11.5. The third-order valence-corrected chi connectivity index (χ3v) is 8.44. The molecule has 8 aromatic rings. The van der Waals surface area contributed by atoms with Crippen molar-refractivity contribution >= 4 is 28.1 Å². The van der Waals surface area contributed by atoms with E-state index in [0.717, 1.165) is 61.7 Å². The Labute approximate surface area is 275 Å². The van der Waals surface area contributed by atoms with Gasteiger partial charge in [-0.05, 0) is 76.9 Å². The van der Waals surface area contributed by atoms with E-state index >= 15 is 0 Å². The van der Waals surface area contributed by atoms with E-state index < -0.39 is 0 Å². The van der Waals surface area contributed by atoms with Crippen molar-refractivity contribution in [3.63, 3.8) is 0 Å². The van der Waals surface area contributed by atoms with Gasteiger partial charge in [-0.3, -0.25) is 0 Å². The molecule has 0 amide bonds. The zero-order valence-corrected chi connectivity index (χ0v) is 25.7. The molecule has 0 aliphatic rings. The molecule has 0 spiro atoms. The Bertz CT molecular complexity index is 2230. The van der Waals surface area contributed by atoms with Gasteiger partial charge in [0, 0.05) is 28.2 Å². The molecule has 0 bridgehead atoms. The summed E-state index contributed by atoms with van der Waals surface area (Å²) in [5.74, 6) is 0. The van der Waals surface area contributed by atoms with Gasteiger partial charge >= 0.3 is 0 Å². The first-order valence-electron chi connectivity index (χ1n) is 15.8. The molecule has 0 aliphatic heterocycles. The van der Waals surface area contributed by atoms with Crippen LogP contribution in [0.25, 0.3) is 55.8 Å². The lowest BCUT2D eigenvalue weighted by atomic mass is 9.98. The summed E-state index contributed by atoms with van der Waals surface area (Å²) in [6.45, 7) is 0. The van der Waals surface area contributed by atoms with Crippen LogP contribution in [0.1, 0.15) is 0 Å². The molecule has 1 heterocycles. The van der Waals surface area contributed by atoms with Gasteiger partial charge in [0.1, 0.15) is 0 Å². The zero-order chi connectivity index (χ0) is 31.4. The summed E-state index contributed by atoms with van der Waals surface area (Å²) in [4.78, 5) is 12.8. The van der Waals surface area contributed by atoms with Crippen LogP contribution in [-0.4, -0.2) is 9.97 Å². The number of anilines is 3. The van der Waals surface area contributed by atoms with E-state index in [2.05, 4.69) is 169 Å². The third kappa shape index (κ3) is 5.79. The fourth-order valence-corrected chi connectivity index (χ4v) is 6.11. The Kier molecular flexibility index (Phi) is 7.54. The van der Waals surface area contributed by atoms with Crippen molar-refractivity contribution < 1.29 is 0 Å². The van der Waals surface area contributed by atoms with Crippen molar-refractivity contribution in [1.29, 1.82) is 0 Å². The minimum absolute atomic E-state index is 0.858. The molecule has 3 nitrogen and oxygen atoms in total. The second-order valence-electron chi connectivity index (χ2n) is 11.5. The first-order valence-corrected chi connectivity index (χ1v) is 15.8. The summed E-state index contributed by atoms with van der Waals surface area (Å²) in [6.07, 6.45) is 0. The summed E-state index contributed by atoms with van der Waals surface area (Å²) >= 11 is 0. The fourth-order valence-electron chi connectivity index (χ4n) is 6.11. The summed E-state index contributed by atoms with van der Waals surface area (Å²) < 4.78 is 0. The molecular formula is C44H31N3. The quantitative estimate of drug-likeness (QED) is 0.182. The monoisotopic (exact) mass is 601 g/mol. The van der Waals surface area contributed by atoms with E-state index in [1.165, 1.54) is 11.1 Å². The van der Waals surface area contributed by atoms with Crippen molar-refractivity contribution in [2.24, 2.45) is 0 Å². The molecule has 7 aromatic carbocycles. The van der Waals surface area contributed by atoms with E-state index in [-0.39, 0.29) is 0 Å². The average Bonchev–Trinajstić information content (AvgIpc) is 3.16. The Hall–Kier alpha value is -6.32. The van der Waals surface area contributed by atoms with E-state index in [1.807, 2.05) is 24.3 Å². The predicted octanol–water partition coefficient (Wildman–Crippen LogP) is 11.8. The van der Waals surface area contributed by atoms with Gasteiger partial charge < -0.3 is 4.90 Å². The Morgan fingerprint density at radius 2 is 0.681 bits per heavy atom. The van der Waals surface area contributed by atoms with Crippen LogP contribution in [0.15, 0.2) is 188 Å². The highest BCUT2D eigenvalue weighted by Gasteiger charge is 2.16. The molecule has 0 fully saturated rings. The molecule has 0 aliphatic carbocycles. The lowest BCUT2D eigenvalue weighted by Crippen LogP contribution is -2.09. The lowest BCUT2D eigenvalue weighted by Gasteiger charge is -2.25. The molecule has 0 saturated carbocycles. The number of benzene rings is 7. The Morgan fingerprint density at radius 3 is 1.28 bits per heavy atom. The van der Waals surface area contributed by atoms with Gasteiger partial charge in [0.15, 0.2) is 0 Å². The van der Waals surface area contributed by atoms with Gasteiger partial charge in [-0.25, -0.2) is 9.97 Å². The molecule has 0 atom stereocenters. The van der Waals surface area contributed by atoms with Crippen LogP contribution in [0.4, 0.5) is 17.1 Å². The third-order valence-electron chi connectivity index (χ3n) is 8.44. The number of nitrogens with zero attached hydrogens (tertiary/aromatic N) is 3. The smallest absolute Gasteiger partial charge is 0.0973 e. The molecule has 222 valence electrons. The van der Waals surface area contributed by atoms with Gasteiger partial charge in [0.25, 0.3) is 0 Å². The maximum atomic E-state index is 5.30. The number of aromatic nitrogens is 2. The highest BCUT2D eigenvalue weighted by atomic mass is 15.1. The van der Waals surface area contributed by atoms with Crippen molar-refractivity contribution in [3.8, 4) is 44.8 Å². The zero-order valence-electron chi connectivity index (χ0n) is 25.7. The van der Waals surface area contributed by atoms with E-state index in [0.29, 0.717) is 0 Å². The van der Waals surface area contributed by atoms with Gasteiger partial charge in [0.05, 0.1) is 22.4 Å². The highest BCUT2D eigenvalue weighted by Crippen LogP contribution is 2.37. The van der Waals surface area contributed by atoms with Crippen molar-refractivity contribution in [2.75, 3.05) is 4.90 Å². The number of hydrogen-bond acceptors (Lipinski definition) is 3. The predicted molar refractivity (Wildman–Crippen MR) is 196 cm³/mol. The van der Waals surface area contributed by atoms with E-state index in [4.69, 9.17) is 9.97 Å². The summed E-state index contributed by atoms with van der Waals surface area (Å²) in [6, 6.07) is 65.5. The molecule has 0 unspecified atom stereocenters.